The van der Waals surface area contributed by atoms with Gasteiger partial charge in [-0.3, -0.25) is 0 Å². The van der Waals surface area contributed by atoms with E-state index in [2.05, 4.69) is 5.32 Å². The van der Waals surface area contributed by atoms with E-state index in [9.17, 15) is 0 Å². The molecule has 106 valence electrons. The van der Waals surface area contributed by atoms with Crippen LogP contribution < -0.4 is 10.1 Å². The Balaban J connectivity index is 1.86. The van der Waals surface area contributed by atoms with Gasteiger partial charge in [-0.25, -0.2) is 0 Å². The first-order valence-electron chi connectivity index (χ1n) is 6.47. The highest BCUT2D eigenvalue weighted by atomic mass is 35.5. The molecule has 0 heterocycles. The first kappa shape index (κ1) is 15.2. The van der Waals surface area contributed by atoms with E-state index >= 15 is 0 Å². The number of halogens is 2. The van der Waals surface area contributed by atoms with Gasteiger partial charge in [-0.1, -0.05) is 41.4 Å². The molecule has 20 heavy (non-hydrogen) atoms. The van der Waals surface area contributed by atoms with Crippen molar-refractivity contribution in [3.8, 4) is 5.75 Å². The molecule has 0 spiro atoms. The van der Waals surface area contributed by atoms with Crippen LogP contribution in [-0.2, 0) is 13.0 Å². The zero-order chi connectivity index (χ0) is 14.4. The minimum Gasteiger partial charge on any atom is -0.496 e. The maximum atomic E-state index is 6.19. The summed E-state index contributed by atoms with van der Waals surface area (Å²) in [4.78, 5) is 0. The SMILES string of the molecule is COc1cccc(Cl)c1CNCCc1ccc(Cl)cc1. The van der Waals surface area contributed by atoms with Crippen LogP contribution in [0.2, 0.25) is 10.0 Å². The minimum absolute atomic E-state index is 0.691. The van der Waals surface area contributed by atoms with Gasteiger partial charge in [0.05, 0.1) is 7.11 Å². The lowest BCUT2D eigenvalue weighted by Gasteiger charge is -2.11. The van der Waals surface area contributed by atoms with Gasteiger partial charge in [0, 0.05) is 22.2 Å². The summed E-state index contributed by atoms with van der Waals surface area (Å²) in [5.74, 6) is 0.816. The van der Waals surface area contributed by atoms with E-state index in [4.69, 9.17) is 27.9 Å². The molecule has 0 aromatic heterocycles. The van der Waals surface area contributed by atoms with Gasteiger partial charge < -0.3 is 10.1 Å². The monoisotopic (exact) mass is 309 g/mol. The first-order valence-corrected chi connectivity index (χ1v) is 7.23. The highest BCUT2D eigenvalue weighted by molar-refractivity contribution is 6.31. The van der Waals surface area contributed by atoms with Crippen LogP contribution in [-0.4, -0.2) is 13.7 Å². The Morgan fingerprint density at radius 2 is 1.80 bits per heavy atom. The summed E-state index contributed by atoms with van der Waals surface area (Å²) in [5.41, 5.74) is 2.25. The van der Waals surface area contributed by atoms with E-state index in [0.717, 1.165) is 34.3 Å². The molecule has 0 saturated carbocycles. The van der Waals surface area contributed by atoms with Crippen molar-refractivity contribution in [3.05, 3.63) is 63.6 Å². The fourth-order valence-electron chi connectivity index (χ4n) is 2.00. The van der Waals surface area contributed by atoms with Gasteiger partial charge in [0.2, 0.25) is 0 Å². The molecule has 0 fully saturated rings. The average molecular weight is 310 g/mol. The van der Waals surface area contributed by atoms with Gasteiger partial charge in [0.1, 0.15) is 5.75 Å². The van der Waals surface area contributed by atoms with E-state index < -0.39 is 0 Å². The standard InChI is InChI=1S/C16H17Cl2NO/c1-20-16-4-2-3-15(18)14(16)11-19-10-9-12-5-7-13(17)8-6-12/h2-8,19H,9-11H2,1H3. The van der Waals surface area contributed by atoms with Crippen molar-refractivity contribution in [2.24, 2.45) is 0 Å². The Labute approximate surface area is 129 Å². The zero-order valence-corrected chi connectivity index (χ0v) is 12.8. The normalized spacial score (nSPS) is 10.6. The van der Waals surface area contributed by atoms with Crippen LogP contribution in [0.5, 0.6) is 5.75 Å². The molecule has 2 aromatic rings. The molecule has 0 atom stereocenters. The number of hydrogen-bond acceptors (Lipinski definition) is 2. The summed E-state index contributed by atoms with van der Waals surface area (Å²) in [6, 6.07) is 13.6. The molecule has 0 bridgehead atoms. The first-order chi connectivity index (χ1) is 9.70. The second-order valence-electron chi connectivity index (χ2n) is 4.47. The van der Waals surface area contributed by atoms with Crippen LogP contribution in [0, 0.1) is 0 Å². The molecule has 0 aliphatic carbocycles. The Bertz CT molecular complexity index is 555. The zero-order valence-electron chi connectivity index (χ0n) is 11.3. The number of benzene rings is 2. The predicted molar refractivity (Wildman–Crippen MR) is 84.9 cm³/mol. The molecule has 0 unspecified atom stereocenters. The van der Waals surface area contributed by atoms with E-state index in [-0.39, 0.29) is 0 Å². The van der Waals surface area contributed by atoms with E-state index in [0.29, 0.717) is 6.54 Å². The highest BCUT2D eigenvalue weighted by Crippen LogP contribution is 2.25. The largest absolute Gasteiger partial charge is 0.496 e. The third-order valence-electron chi connectivity index (χ3n) is 3.10. The summed E-state index contributed by atoms with van der Waals surface area (Å²) in [6.07, 6.45) is 0.948. The number of rotatable bonds is 6. The molecule has 2 aromatic carbocycles. The van der Waals surface area contributed by atoms with Crippen molar-refractivity contribution in [3.63, 3.8) is 0 Å². The quantitative estimate of drug-likeness (QED) is 0.802. The Kier molecular flexibility index (Phi) is 5.72. The molecule has 0 radical (unpaired) electrons. The van der Waals surface area contributed by atoms with Gasteiger partial charge in [0.15, 0.2) is 0 Å². The van der Waals surface area contributed by atoms with Gasteiger partial charge in [-0.15, -0.1) is 0 Å². The highest BCUT2D eigenvalue weighted by Gasteiger charge is 2.06. The Morgan fingerprint density at radius 3 is 2.50 bits per heavy atom. The third-order valence-corrected chi connectivity index (χ3v) is 3.71. The lowest BCUT2D eigenvalue weighted by atomic mass is 10.1. The Morgan fingerprint density at radius 1 is 1.05 bits per heavy atom. The molecule has 0 saturated heterocycles. The molecule has 2 nitrogen and oxygen atoms in total. The maximum absolute atomic E-state index is 6.19. The molecule has 4 heteroatoms. The summed E-state index contributed by atoms with van der Waals surface area (Å²) in [6.45, 7) is 1.56. The summed E-state index contributed by atoms with van der Waals surface area (Å²) >= 11 is 12.0. The molecule has 1 N–H and O–H groups in total. The number of hydrogen-bond donors (Lipinski definition) is 1. The third kappa shape index (κ3) is 4.14. The number of ether oxygens (including phenoxy) is 1. The van der Waals surface area contributed by atoms with E-state index in [1.807, 2.05) is 42.5 Å². The van der Waals surface area contributed by atoms with Gasteiger partial charge in [-0.2, -0.15) is 0 Å². The van der Waals surface area contributed by atoms with Crippen molar-refractivity contribution >= 4 is 23.2 Å². The van der Waals surface area contributed by atoms with Crippen LogP contribution >= 0.6 is 23.2 Å². The van der Waals surface area contributed by atoms with Crippen molar-refractivity contribution in [1.29, 1.82) is 0 Å². The van der Waals surface area contributed by atoms with Crippen molar-refractivity contribution in [1.82, 2.24) is 5.32 Å². The second-order valence-corrected chi connectivity index (χ2v) is 5.32. The predicted octanol–water partition coefficient (Wildman–Crippen LogP) is 4.33. The van der Waals surface area contributed by atoms with Crippen LogP contribution in [0.25, 0.3) is 0 Å². The molecule has 2 rings (SSSR count). The molecule has 0 aliphatic rings. The topological polar surface area (TPSA) is 21.3 Å². The van der Waals surface area contributed by atoms with Crippen LogP contribution in [0.1, 0.15) is 11.1 Å². The average Bonchev–Trinajstić information content (AvgIpc) is 2.46. The number of methoxy groups -OCH3 is 1. The minimum atomic E-state index is 0.691. The van der Waals surface area contributed by atoms with Crippen molar-refractivity contribution in [2.75, 3.05) is 13.7 Å². The Hall–Kier alpha value is -1.22. The lowest BCUT2D eigenvalue weighted by molar-refractivity contribution is 0.408. The number of nitrogens with one attached hydrogen (secondary N) is 1. The molecular weight excluding hydrogens is 293 g/mol. The summed E-state index contributed by atoms with van der Waals surface area (Å²) < 4.78 is 5.32. The second kappa shape index (κ2) is 7.53. The van der Waals surface area contributed by atoms with Gasteiger partial charge >= 0.3 is 0 Å². The van der Waals surface area contributed by atoms with Crippen molar-refractivity contribution in [2.45, 2.75) is 13.0 Å². The van der Waals surface area contributed by atoms with Gasteiger partial charge in [0.25, 0.3) is 0 Å². The molecule has 0 aliphatic heterocycles. The molecule has 0 amide bonds. The van der Waals surface area contributed by atoms with Crippen LogP contribution in [0.4, 0.5) is 0 Å². The fourth-order valence-corrected chi connectivity index (χ4v) is 2.36. The van der Waals surface area contributed by atoms with E-state index in [1.165, 1.54) is 5.56 Å². The molecular formula is C16H17Cl2NO. The summed E-state index contributed by atoms with van der Waals surface area (Å²) in [5, 5.41) is 4.87. The van der Waals surface area contributed by atoms with Crippen molar-refractivity contribution < 1.29 is 4.74 Å². The van der Waals surface area contributed by atoms with Crippen LogP contribution in [0.15, 0.2) is 42.5 Å². The lowest BCUT2D eigenvalue weighted by Crippen LogP contribution is -2.17. The van der Waals surface area contributed by atoms with Crippen LogP contribution in [0.3, 0.4) is 0 Å². The van der Waals surface area contributed by atoms with Gasteiger partial charge in [-0.05, 0) is 42.8 Å². The maximum Gasteiger partial charge on any atom is 0.124 e. The van der Waals surface area contributed by atoms with E-state index in [1.54, 1.807) is 7.11 Å². The smallest absolute Gasteiger partial charge is 0.124 e. The summed E-state index contributed by atoms with van der Waals surface area (Å²) in [7, 11) is 1.66. The fraction of sp³-hybridized carbons (Fsp3) is 0.250.